The number of alkyl halides is 3. The summed E-state index contributed by atoms with van der Waals surface area (Å²) < 4.78 is 122. The minimum Gasteiger partial charge on any atom is -0.493 e. The van der Waals surface area contributed by atoms with Crippen LogP contribution in [0.5, 0.6) is 34.5 Å². The van der Waals surface area contributed by atoms with Gasteiger partial charge in [0.2, 0.25) is 12.6 Å². The highest BCUT2D eigenvalue weighted by Gasteiger charge is 2.52. The molecule has 4 aromatic rings. The van der Waals surface area contributed by atoms with Crippen LogP contribution in [0, 0.1) is 0 Å². The van der Waals surface area contributed by atoms with Crippen LogP contribution in [0.2, 0.25) is 0 Å². The molecule has 0 aromatic heterocycles. The summed E-state index contributed by atoms with van der Waals surface area (Å²) >= 11 is 0. The lowest BCUT2D eigenvalue weighted by Gasteiger charge is -2.38. The molecule has 0 aliphatic carbocycles. The summed E-state index contributed by atoms with van der Waals surface area (Å²) in [4.78, 5) is 128. The minimum absolute atomic E-state index is 0.00208. The molecule has 0 spiro atoms. The number of halogens is 3. The predicted octanol–water partition coefficient (Wildman–Crippen LogP) is 0.0783. The van der Waals surface area contributed by atoms with Crippen LogP contribution in [0.25, 0.3) is 0 Å². The van der Waals surface area contributed by atoms with Crippen molar-refractivity contribution in [3.8, 4) is 34.5 Å². The molecule has 4 saturated heterocycles. The maximum atomic E-state index is 14.7. The fourth-order valence-corrected chi connectivity index (χ4v) is 13.8. The van der Waals surface area contributed by atoms with Crippen LogP contribution in [-0.4, -0.2) is 352 Å². The first-order valence-corrected chi connectivity index (χ1v) is 39.6. The summed E-state index contributed by atoms with van der Waals surface area (Å²) in [5, 5.41) is 119. The number of hydrogen-bond acceptors (Lipinski definition) is 35. The number of carboxylic acid groups (broad SMARTS) is 3. The smallest absolute Gasteiger partial charge is 0.490 e. The molecule has 14 atom stereocenters. The fraction of sp³-hybridized carbons (Fsp3) is 0.537. The van der Waals surface area contributed by atoms with Gasteiger partial charge in [-0.25, -0.2) is 39.7 Å². The van der Waals surface area contributed by atoms with Crippen LogP contribution in [0.15, 0.2) is 85.0 Å². The molecule has 6 aliphatic heterocycles. The van der Waals surface area contributed by atoms with Gasteiger partial charge in [-0.05, 0) is 79.6 Å². The van der Waals surface area contributed by atoms with E-state index in [0.29, 0.717) is 63.4 Å². The monoisotopic (exact) mass is 1810 g/mol. The average Bonchev–Trinajstić information content (AvgIpc) is 1.61. The second-order valence-electron chi connectivity index (χ2n) is 29.0. The lowest BCUT2D eigenvalue weighted by molar-refractivity contribution is -0.271. The van der Waals surface area contributed by atoms with Crippen molar-refractivity contribution in [3.05, 3.63) is 118 Å². The number of nitrogens with zero attached hydrogens (tertiary/aromatic N) is 4. The number of carbonyl (C=O) groups excluding carboxylic acids is 6. The summed E-state index contributed by atoms with van der Waals surface area (Å²) in [6.07, 6.45) is -29.7. The Morgan fingerprint density at radius 3 is 1.20 bits per heavy atom. The zero-order valence-electron chi connectivity index (χ0n) is 69.0. The number of benzene rings is 4. The summed E-state index contributed by atoms with van der Waals surface area (Å²) in [6.45, 7) is 9.87. The number of nitrogens with one attached hydrogen (secondary N) is 2. The van der Waals surface area contributed by atoms with Crippen LogP contribution >= 0.6 is 0 Å². The van der Waals surface area contributed by atoms with Crippen molar-refractivity contribution in [1.29, 1.82) is 0 Å². The molecule has 4 fully saturated rings. The van der Waals surface area contributed by atoms with E-state index in [4.69, 9.17) is 91.6 Å². The molecule has 6 amide bonds. The third-order valence-electron chi connectivity index (χ3n) is 20.2. The van der Waals surface area contributed by atoms with Gasteiger partial charge in [0.1, 0.15) is 61.3 Å². The number of ether oxygens (including phenoxy) is 16. The van der Waals surface area contributed by atoms with Crippen LogP contribution in [-0.2, 0) is 79.8 Å². The maximum absolute atomic E-state index is 14.7. The van der Waals surface area contributed by atoms with E-state index in [1.165, 1.54) is 91.8 Å². The van der Waals surface area contributed by atoms with E-state index in [1.807, 2.05) is 0 Å². The topological polar surface area (TPSA) is 596 Å². The van der Waals surface area contributed by atoms with Gasteiger partial charge in [-0.1, -0.05) is 36.4 Å². The fourth-order valence-electron chi connectivity index (χ4n) is 13.8. The third kappa shape index (κ3) is 26.0. The molecule has 0 radical (unpaired) electrons. The molecule has 0 saturated carbocycles. The largest absolute Gasteiger partial charge is 0.493 e. The molecule has 10 rings (SSSR count). The molecular weight excluding hydrogens is 1710 g/mol. The predicted molar refractivity (Wildman–Crippen MR) is 423 cm³/mol. The number of carboxylic acids is 3. The van der Waals surface area contributed by atoms with Gasteiger partial charge in [0.15, 0.2) is 47.7 Å². The van der Waals surface area contributed by atoms with Gasteiger partial charge in [0.25, 0.3) is 23.6 Å². The summed E-state index contributed by atoms with van der Waals surface area (Å²) in [6, 6.07) is 11.1. The highest BCUT2D eigenvalue weighted by molar-refractivity contribution is 6.07. The molecule has 6 heterocycles. The maximum Gasteiger partial charge on any atom is 0.490 e. The number of aliphatic carboxylic acids is 3. The van der Waals surface area contributed by atoms with Crippen LogP contribution in [0.1, 0.15) is 84.7 Å². The number of hydrogen-bond donors (Lipinski definition) is 14. The first kappa shape index (κ1) is 99.8. The van der Waals surface area contributed by atoms with Gasteiger partial charge in [-0.3, -0.25) is 19.2 Å². The van der Waals surface area contributed by atoms with Crippen molar-refractivity contribution in [2.45, 2.75) is 137 Å². The van der Waals surface area contributed by atoms with Gasteiger partial charge in [0, 0.05) is 45.4 Å². The number of fused-ring (bicyclic) bond motifs is 4. The Morgan fingerprint density at radius 1 is 0.480 bits per heavy atom. The van der Waals surface area contributed by atoms with E-state index in [9.17, 15) is 103 Å². The number of methoxy groups -OCH3 is 3. The number of anilines is 2. The van der Waals surface area contributed by atoms with E-state index >= 15 is 0 Å². The van der Waals surface area contributed by atoms with Crippen molar-refractivity contribution in [3.63, 3.8) is 0 Å². The van der Waals surface area contributed by atoms with Gasteiger partial charge < -0.3 is 157 Å². The van der Waals surface area contributed by atoms with Crippen LogP contribution in [0.3, 0.4) is 0 Å². The highest BCUT2D eigenvalue weighted by atomic mass is 19.4. The van der Waals surface area contributed by atoms with E-state index in [1.54, 1.807) is 0 Å². The molecule has 2 unspecified atom stereocenters. The van der Waals surface area contributed by atoms with Crippen LogP contribution < -0.4 is 54.8 Å². The third-order valence-corrected chi connectivity index (χ3v) is 20.2. The van der Waals surface area contributed by atoms with Gasteiger partial charge in [-0.2, -0.15) is 13.2 Å². The molecule has 47 heteroatoms. The highest BCUT2D eigenvalue weighted by Crippen LogP contribution is 2.45. The van der Waals surface area contributed by atoms with E-state index in [0.717, 1.165) is 9.80 Å². The molecule has 4 aromatic carbocycles. The number of rotatable bonds is 43. The quantitative estimate of drug-likeness (QED) is 0.0158. The zero-order chi connectivity index (χ0) is 92.5. The average molecular weight is 1810 g/mol. The number of aliphatic hydroxyl groups is 8. The second kappa shape index (κ2) is 47.2. The van der Waals surface area contributed by atoms with Crippen molar-refractivity contribution in [2.75, 3.05) is 150 Å². The Hall–Kier alpha value is -10.9. The summed E-state index contributed by atoms with van der Waals surface area (Å²) in [5.41, 5.74) is 0.533. The lowest BCUT2D eigenvalue weighted by atomic mass is 9.99. The second-order valence-corrected chi connectivity index (χ2v) is 29.0. The molecule has 700 valence electrons. The minimum atomic E-state index is -5.08. The molecule has 44 nitrogen and oxygen atoms in total. The van der Waals surface area contributed by atoms with Crippen molar-refractivity contribution >= 4 is 65.1 Å². The Kier molecular flexibility index (Phi) is 37.1. The number of amides is 6. The number of unbranched alkanes of at least 4 members (excludes halogenated alkanes) is 2. The van der Waals surface area contributed by atoms with E-state index in [2.05, 4.69) is 28.6 Å². The summed E-state index contributed by atoms with van der Waals surface area (Å²) in [5.74, 6) is -4.28. The zero-order valence-corrected chi connectivity index (χ0v) is 69.0. The lowest BCUT2D eigenvalue weighted by Crippen LogP contribution is -2.61. The Balaban J connectivity index is 0.00000249. The summed E-state index contributed by atoms with van der Waals surface area (Å²) in [7, 11) is 4.07. The van der Waals surface area contributed by atoms with Crippen molar-refractivity contribution in [1.82, 2.24) is 20.4 Å². The normalized spacial score (nSPS) is 23.1. The Bertz CT molecular complexity index is 4490. The number of nitrogens with two attached hydrogens (primary N) is 1. The van der Waals surface area contributed by atoms with Gasteiger partial charge >= 0.3 is 36.3 Å². The number of aliphatic hydroxyl groups excluding tert-OH is 8. The Morgan fingerprint density at radius 2 is 0.850 bits per heavy atom. The van der Waals surface area contributed by atoms with Crippen LogP contribution in [0.4, 0.5) is 34.1 Å². The first-order chi connectivity index (χ1) is 60.6. The van der Waals surface area contributed by atoms with Gasteiger partial charge in [0.05, 0.1) is 152 Å². The SMILES string of the molecule is C=C1C[C@H]2C(O)N(C(=O)OCc3ccc(O[C@@H]4O[C@H](C(=O)O)[C@@H](O)[C@H](O)[C@H]4O)c(C(=O)NCCOC)c3)c3cc(OCCCCCOc4cc5c(cc4OC)C(=O)N4CC(=C)C[C@H]4C(O)N5C(=O)OCc4ccc(O[C@@H]5O[C@H](C(=O)O)[C@@H](O)[C@H](O)[C@H]5O)c(C(=O)NCCOCCOCCOCCOCCOCCON)c4)c(OC)cc3C(=O)N2C1.O=C(O)C(F)(F)F. The standard InChI is InChI=1S/C78H101N7O35.C2HF3O2/c1-41-29-51-71(96)84(77(102)114-39-43-9-11-53(47(31-43)67(92)80-13-17-104-3)117-75-63(90)59(86)61(88)65(119-75)73(98)99)49-35-57(55(105-4)33-45(49)69(94)82(51)37-41)112-15-7-6-8-16-113-58-36-50-46(34-56(58)106-5)70(95)83-38-42(2)30-52(83)72(97)85(50)78(103)115-40-44-10-12-54(118-76-64(91)60(87)62(89)66(120-76)74(100)101)48(32-44)68(93)81-14-18-107-19-20-108-21-22-109-23-24-110-25-26-111-27-28-116-79;3-2(4,5)1(6)7/h9-12,31-36,51-52,59-66,71-72,75-76,86-91,96-97H,1-2,6-8,13-30,37-40,79H2,3-5H3,(H,80,92)(H,81,93)(H,98,99)(H,100,101);(H,6,7)/t51-,52-,59-,60-,61-,62-,63+,64+,65-,66-,71?,72?,75+,76+;/m0./s1. The molecular formula is C80H102F3N7O37. The molecule has 15 N–H and O–H groups in total. The van der Waals surface area contributed by atoms with Gasteiger partial charge in [-0.15, -0.1) is 0 Å². The number of carbonyl (C=O) groups is 9. The first-order valence-electron chi connectivity index (χ1n) is 39.6. The molecule has 0 bridgehead atoms. The van der Waals surface area contributed by atoms with Crippen molar-refractivity contribution < 1.29 is 193 Å². The van der Waals surface area contributed by atoms with Crippen molar-refractivity contribution in [2.24, 2.45) is 5.90 Å². The van der Waals surface area contributed by atoms with E-state index in [-0.39, 0.29) is 178 Å². The molecule has 6 aliphatic rings. The Labute approximate surface area is 722 Å². The van der Waals surface area contributed by atoms with E-state index < -0.39 is 159 Å². The molecule has 127 heavy (non-hydrogen) atoms.